The van der Waals surface area contributed by atoms with Crippen LogP contribution >= 0.6 is 0 Å². The molecule has 0 unspecified atom stereocenters. The van der Waals surface area contributed by atoms with Crippen molar-refractivity contribution in [3.63, 3.8) is 0 Å². The largest absolute Gasteiger partial charge is 0.484 e. The molecule has 3 N–H and O–H groups in total. The molecule has 0 bridgehead atoms. The van der Waals surface area contributed by atoms with Crippen molar-refractivity contribution in [2.75, 3.05) is 26.9 Å². The van der Waals surface area contributed by atoms with Crippen LogP contribution in [0.25, 0.3) is 0 Å². The van der Waals surface area contributed by atoms with E-state index < -0.39 is 5.91 Å². The summed E-state index contributed by atoms with van der Waals surface area (Å²) in [5.74, 6) is -0.230. The molecular formula is C12H16N2O4. The van der Waals surface area contributed by atoms with E-state index in [4.69, 9.17) is 15.2 Å². The van der Waals surface area contributed by atoms with Crippen LogP contribution in [0.2, 0.25) is 0 Å². The molecular weight excluding hydrogens is 236 g/mol. The summed E-state index contributed by atoms with van der Waals surface area (Å²) in [5, 5.41) is 2.62. The van der Waals surface area contributed by atoms with Gasteiger partial charge < -0.3 is 20.5 Å². The van der Waals surface area contributed by atoms with E-state index in [1.807, 2.05) is 0 Å². The van der Waals surface area contributed by atoms with Gasteiger partial charge in [0.15, 0.2) is 6.61 Å². The van der Waals surface area contributed by atoms with Crippen LogP contribution < -0.4 is 15.8 Å². The maximum atomic E-state index is 11.3. The van der Waals surface area contributed by atoms with Crippen molar-refractivity contribution in [2.45, 2.75) is 0 Å². The Morgan fingerprint density at radius 1 is 1.28 bits per heavy atom. The highest BCUT2D eigenvalue weighted by Crippen LogP contribution is 2.11. The van der Waals surface area contributed by atoms with Crippen LogP contribution in [0.4, 0.5) is 0 Å². The molecule has 0 spiro atoms. The molecule has 1 aromatic carbocycles. The van der Waals surface area contributed by atoms with Crippen LogP contribution in [-0.2, 0) is 9.53 Å². The second-order valence-corrected chi connectivity index (χ2v) is 3.52. The fraction of sp³-hybridized carbons (Fsp3) is 0.333. The fourth-order valence-corrected chi connectivity index (χ4v) is 1.21. The lowest BCUT2D eigenvalue weighted by Crippen LogP contribution is -2.31. The minimum Gasteiger partial charge on any atom is -0.484 e. The highest BCUT2D eigenvalue weighted by atomic mass is 16.5. The van der Waals surface area contributed by atoms with Gasteiger partial charge in [0.25, 0.3) is 5.91 Å². The van der Waals surface area contributed by atoms with Gasteiger partial charge in [-0.2, -0.15) is 0 Å². The van der Waals surface area contributed by atoms with Crippen molar-refractivity contribution in [1.29, 1.82) is 0 Å². The minimum absolute atomic E-state index is 0.0837. The summed E-state index contributed by atoms with van der Waals surface area (Å²) in [7, 11) is 1.56. The zero-order chi connectivity index (χ0) is 13.4. The number of rotatable bonds is 7. The average molecular weight is 252 g/mol. The van der Waals surface area contributed by atoms with Crippen molar-refractivity contribution in [2.24, 2.45) is 5.73 Å². The summed E-state index contributed by atoms with van der Waals surface area (Å²) in [5.41, 5.74) is 5.49. The van der Waals surface area contributed by atoms with Gasteiger partial charge in [0.05, 0.1) is 6.61 Å². The molecule has 1 aromatic rings. The summed E-state index contributed by atoms with van der Waals surface area (Å²) in [6, 6.07) is 6.26. The predicted molar refractivity (Wildman–Crippen MR) is 65.3 cm³/mol. The standard InChI is InChI=1S/C12H16N2O4/c1-17-7-6-14-11(15)8-18-10-4-2-9(3-5-10)12(13)16/h2-5H,6-8H2,1H3,(H2,13,16)(H,14,15). The van der Waals surface area contributed by atoms with Crippen LogP contribution in [0.1, 0.15) is 10.4 Å². The Hall–Kier alpha value is -2.08. The van der Waals surface area contributed by atoms with E-state index in [0.717, 1.165) is 0 Å². The summed E-state index contributed by atoms with van der Waals surface area (Å²) in [4.78, 5) is 22.1. The van der Waals surface area contributed by atoms with Gasteiger partial charge >= 0.3 is 0 Å². The minimum atomic E-state index is -0.501. The highest BCUT2D eigenvalue weighted by Gasteiger charge is 2.03. The number of primary amides is 1. The highest BCUT2D eigenvalue weighted by molar-refractivity contribution is 5.92. The number of nitrogens with one attached hydrogen (secondary N) is 1. The number of carbonyl (C=O) groups excluding carboxylic acids is 2. The molecule has 0 heterocycles. The third kappa shape index (κ3) is 4.84. The number of hydrogen-bond donors (Lipinski definition) is 2. The van der Waals surface area contributed by atoms with Crippen molar-refractivity contribution >= 4 is 11.8 Å². The second-order valence-electron chi connectivity index (χ2n) is 3.52. The molecule has 0 aliphatic carbocycles. The molecule has 98 valence electrons. The number of carbonyl (C=O) groups is 2. The van der Waals surface area contributed by atoms with E-state index in [9.17, 15) is 9.59 Å². The van der Waals surface area contributed by atoms with E-state index in [-0.39, 0.29) is 12.5 Å². The lowest BCUT2D eigenvalue weighted by atomic mass is 10.2. The van der Waals surface area contributed by atoms with Gasteiger partial charge in [-0.3, -0.25) is 9.59 Å². The Kier molecular flexibility index (Phi) is 5.66. The van der Waals surface area contributed by atoms with E-state index in [2.05, 4.69) is 5.32 Å². The third-order valence-electron chi connectivity index (χ3n) is 2.14. The van der Waals surface area contributed by atoms with Crippen molar-refractivity contribution < 1.29 is 19.1 Å². The van der Waals surface area contributed by atoms with Crippen molar-refractivity contribution in [1.82, 2.24) is 5.32 Å². The monoisotopic (exact) mass is 252 g/mol. The second kappa shape index (κ2) is 7.29. The zero-order valence-corrected chi connectivity index (χ0v) is 10.1. The molecule has 6 heteroatoms. The van der Waals surface area contributed by atoms with Gasteiger partial charge in [-0.05, 0) is 24.3 Å². The number of ether oxygens (including phenoxy) is 2. The molecule has 0 saturated carbocycles. The molecule has 6 nitrogen and oxygen atoms in total. The molecule has 0 fully saturated rings. The first-order valence-corrected chi connectivity index (χ1v) is 5.42. The Balaban J connectivity index is 2.34. The van der Waals surface area contributed by atoms with E-state index in [1.165, 1.54) is 0 Å². The molecule has 0 aliphatic heterocycles. The van der Waals surface area contributed by atoms with Gasteiger partial charge in [0, 0.05) is 19.2 Å². The van der Waals surface area contributed by atoms with E-state index in [1.54, 1.807) is 31.4 Å². The Morgan fingerprint density at radius 2 is 1.94 bits per heavy atom. The SMILES string of the molecule is COCCNC(=O)COc1ccc(C(N)=O)cc1. The normalized spacial score (nSPS) is 9.83. The van der Waals surface area contributed by atoms with Crippen molar-refractivity contribution in [3.8, 4) is 5.75 Å². The Labute approximate surface area is 105 Å². The molecule has 18 heavy (non-hydrogen) atoms. The lowest BCUT2D eigenvalue weighted by Gasteiger charge is -2.07. The Bertz CT molecular complexity index is 403. The number of amides is 2. The van der Waals surface area contributed by atoms with Crippen LogP contribution in [0.15, 0.2) is 24.3 Å². The summed E-state index contributed by atoms with van der Waals surface area (Å²) >= 11 is 0. The number of hydrogen-bond acceptors (Lipinski definition) is 4. The third-order valence-corrected chi connectivity index (χ3v) is 2.14. The van der Waals surface area contributed by atoms with E-state index in [0.29, 0.717) is 24.5 Å². The zero-order valence-electron chi connectivity index (χ0n) is 10.1. The van der Waals surface area contributed by atoms with Crippen molar-refractivity contribution in [3.05, 3.63) is 29.8 Å². The van der Waals surface area contributed by atoms with Gasteiger partial charge in [0.2, 0.25) is 5.91 Å². The molecule has 0 radical (unpaired) electrons. The fourth-order valence-electron chi connectivity index (χ4n) is 1.21. The summed E-state index contributed by atoms with van der Waals surface area (Å²) < 4.78 is 10.0. The van der Waals surface area contributed by atoms with Gasteiger partial charge in [-0.1, -0.05) is 0 Å². The van der Waals surface area contributed by atoms with Gasteiger partial charge in [-0.15, -0.1) is 0 Å². The van der Waals surface area contributed by atoms with Crippen LogP contribution in [0, 0.1) is 0 Å². The van der Waals surface area contributed by atoms with Gasteiger partial charge in [-0.25, -0.2) is 0 Å². The molecule has 0 aliphatic rings. The molecule has 0 atom stereocenters. The number of nitrogens with two attached hydrogens (primary N) is 1. The predicted octanol–water partition coefficient (Wildman–Crippen LogP) is -0.0731. The lowest BCUT2D eigenvalue weighted by molar-refractivity contribution is -0.123. The van der Waals surface area contributed by atoms with Crippen LogP contribution in [0.5, 0.6) is 5.75 Å². The first-order chi connectivity index (χ1) is 8.63. The summed E-state index contributed by atoms with van der Waals surface area (Å²) in [6.07, 6.45) is 0. The molecule has 0 aromatic heterocycles. The quantitative estimate of drug-likeness (QED) is 0.664. The molecule has 1 rings (SSSR count). The van der Waals surface area contributed by atoms with Crippen LogP contribution in [-0.4, -0.2) is 38.7 Å². The molecule has 2 amide bonds. The smallest absolute Gasteiger partial charge is 0.258 e. The average Bonchev–Trinajstić information content (AvgIpc) is 2.37. The Morgan fingerprint density at radius 3 is 2.50 bits per heavy atom. The van der Waals surface area contributed by atoms with Gasteiger partial charge in [0.1, 0.15) is 5.75 Å². The first-order valence-electron chi connectivity index (χ1n) is 5.42. The first kappa shape index (κ1) is 14.0. The summed E-state index contributed by atoms with van der Waals surface area (Å²) in [6.45, 7) is 0.817. The van der Waals surface area contributed by atoms with Crippen LogP contribution in [0.3, 0.4) is 0 Å². The molecule has 0 saturated heterocycles. The number of benzene rings is 1. The van der Waals surface area contributed by atoms with E-state index >= 15 is 0 Å². The number of methoxy groups -OCH3 is 1. The maximum absolute atomic E-state index is 11.3. The maximum Gasteiger partial charge on any atom is 0.258 e. The topological polar surface area (TPSA) is 90.7 Å².